The monoisotopic (exact) mass is 213 g/mol. The molecule has 0 saturated carbocycles. The van der Waals surface area contributed by atoms with Gasteiger partial charge in [-0.2, -0.15) is 0 Å². The van der Waals surface area contributed by atoms with E-state index >= 15 is 0 Å². The average Bonchev–Trinajstić information content (AvgIpc) is 2.18. The SMILES string of the molecule is C=C(CNC(CC)C(C)C)C(=O)OCC. The number of ether oxygens (including phenoxy) is 1. The second-order valence-electron chi connectivity index (χ2n) is 3.96. The largest absolute Gasteiger partial charge is 0.463 e. The van der Waals surface area contributed by atoms with Gasteiger partial charge in [0.15, 0.2) is 0 Å². The molecule has 3 nitrogen and oxygen atoms in total. The van der Waals surface area contributed by atoms with Crippen molar-refractivity contribution in [3.05, 3.63) is 12.2 Å². The maximum atomic E-state index is 11.3. The molecule has 0 aromatic rings. The molecule has 0 rings (SSSR count). The fourth-order valence-electron chi connectivity index (χ4n) is 1.41. The minimum absolute atomic E-state index is 0.302. The fraction of sp³-hybridized carbons (Fsp3) is 0.750. The van der Waals surface area contributed by atoms with Gasteiger partial charge in [-0.25, -0.2) is 4.79 Å². The first-order chi connectivity index (χ1) is 7.02. The van der Waals surface area contributed by atoms with Crippen LogP contribution in [0, 0.1) is 5.92 Å². The van der Waals surface area contributed by atoms with Crippen LogP contribution in [0.2, 0.25) is 0 Å². The topological polar surface area (TPSA) is 38.3 Å². The molecule has 0 aliphatic carbocycles. The normalized spacial score (nSPS) is 12.6. The van der Waals surface area contributed by atoms with E-state index in [0.29, 0.717) is 30.7 Å². The summed E-state index contributed by atoms with van der Waals surface area (Å²) in [6.07, 6.45) is 1.05. The molecule has 0 bridgehead atoms. The Morgan fingerprint density at radius 2 is 2.00 bits per heavy atom. The zero-order valence-corrected chi connectivity index (χ0v) is 10.3. The van der Waals surface area contributed by atoms with E-state index < -0.39 is 0 Å². The second kappa shape index (κ2) is 7.46. The molecule has 1 N–H and O–H groups in total. The summed E-state index contributed by atoms with van der Waals surface area (Å²) in [7, 11) is 0. The van der Waals surface area contributed by atoms with Gasteiger partial charge in [0, 0.05) is 18.2 Å². The van der Waals surface area contributed by atoms with Crippen molar-refractivity contribution in [2.24, 2.45) is 5.92 Å². The summed E-state index contributed by atoms with van der Waals surface area (Å²) < 4.78 is 4.85. The lowest BCUT2D eigenvalue weighted by molar-refractivity contribution is -0.138. The third-order valence-corrected chi connectivity index (χ3v) is 2.39. The highest BCUT2D eigenvalue weighted by Gasteiger charge is 2.13. The number of esters is 1. The minimum Gasteiger partial charge on any atom is -0.463 e. The molecule has 0 heterocycles. The van der Waals surface area contributed by atoms with Gasteiger partial charge >= 0.3 is 5.97 Å². The van der Waals surface area contributed by atoms with Crippen LogP contribution >= 0.6 is 0 Å². The summed E-state index contributed by atoms with van der Waals surface area (Å²) >= 11 is 0. The van der Waals surface area contributed by atoms with Gasteiger partial charge in [-0.05, 0) is 19.3 Å². The standard InChI is InChI=1S/C12H23NO2/c1-6-11(9(3)4)13-8-10(5)12(14)15-7-2/h9,11,13H,5-8H2,1-4H3. The van der Waals surface area contributed by atoms with Gasteiger partial charge in [0.1, 0.15) is 0 Å². The van der Waals surface area contributed by atoms with E-state index in [1.54, 1.807) is 6.92 Å². The van der Waals surface area contributed by atoms with E-state index in [2.05, 4.69) is 32.7 Å². The molecule has 0 amide bonds. The van der Waals surface area contributed by atoms with Crippen molar-refractivity contribution in [3.63, 3.8) is 0 Å². The lowest BCUT2D eigenvalue weighted by atomic mass is 10.0. The van der Waals surface area contributed by atoms with Gasteiger partial charge in [0.05, 0.1) is 6.61 Å². The van der Waals surface area contributed by atoms with Crippen LogP contribution in [0.25, 0.3) is 0 Å². The van der Waals surface area contributed by atoms with Crippen molar-refractivity contribution in [1.82, 2.24) is 5.32 Å². The van der Waals surface area contributed by atoms with Crippen LogP contribution in [0.1, 0.15) is 34.1 Å². The van der Waals surface area contributed by atoms with Crippen LogP contribution in [0.15, 0.2) is 12.2 Å². The zero-order chi connectivity index (χ0) is 11.8. The number of rotatable bonds is 7. The van der Waals surface area contributed by atoms with Crippen LogP contribution in [0.4, 0.5) is 0 Å². The lowest BCUT2D eigenvalue weighted by Crippen LogP contribution is -2.35. The Hall–Kier alpha value is -0.830. The van der Waals surface area contributed by atoms with E-state index in [1.807, 2.05) is 0 Å². The van der Waals surface area contributed by atoms with Crippen LogP contribution in [-0.2, 0) is 9.53 Å². The Bertz CT molecular complexity index is 212. The molecule has 0 aliphatic heterocycles. The van der Waals surface area contributed by atoms with Gasteiger partial charge < -0.3 is 10.1 Å². The number of hydrogen-bond donors (Lipinski definition) is 1. The molecule has 0 aromatic heterocycles. The summed E-state index contributed by atoms with van der Waals surface area (Å²) in [4.78, 5) is 11.3. The molecular weight excluding hydrogens is 190 g/mol. The van der Waals surface area contributed by atoms with E-state index in [-0.39, 0.29) is 5.97 Å². The van der Waals surface area contributed by atoms with Gasteiger partial charge in [0.2, 0.25) is 0 Å². The number of carbonyl (C=O) groups is 1. The Balaban J connectivity index is 3.93. The Labute approximate surface area is 92.9 Å². The van der Waals surface area contributed by atoms with E-state index in [9.17, 15) is 4.79 Å². The molecule has 0 fully saturated rings. The van der Waals surface area contributed by atoms with Crippen LogP contribution in [0.3, 0.4) is 0 Å². The number of nitrogens with one attached hydrogen (secondary N) is 1. The second-order valence-corrected chi connectivity index (χ2v) is 3.96. The fourth-order valence-corrected chi connectivity index (χ4v) is 1.41. The van der Waals surface area contributed by atoms with Crippen molar-refractivity contribution in [1.29, 1.82) is 0 Å². The smallest absolute Gasteiger partial charge is 0.334 e. The lowest BCUT2D eigenvalue weighted by Gasteiger charge is -2.20. The Morgan fingerprint density at radius 3 is 2.40 bits per heavy atom. The van der Waals surface area contributed by atoms with Crippen LogP contribution in [-0.4, -0.2) is 25.2 Å². The molecule has 88 valence electrons. The van der Waals surface area contributed by atoms with Gasteiger partial charge in [-0.3, -0.25) is 0 Å². The third-order valence-electron chi connectivity index (χ3n) is 2.39. The van der Waals surface area contributed by atoms with E-state index in [0.717, 1.165) is 6.42 Å². The maximum Gasteiger partial charge on any atom is 0.334 e. The molecular formula is C12H23NO2. The van der Waals surface area contributed by atoms with Crippen molar-refractivity contribution < 1.29 is 9.53 Å². The molecule has 0 aliphatic rings. The highest BCUT2D eigenvalue weighted by molar-refractivity contribution is 5.88. The summed E-state index contributed by atoms with van der Waals surface area (Å²) in [5.74, 6) is 0.258. The summed E-state index contributed by atoms with van der Waals surface area (Å²) in [5, 5.41) is 3.31. The number of hydrogen-bond acceptors (Lipinski definition) is 3. The molecule has 0 aromatic carbocycles. The molecule has 15 heavy (non-hydrogen) atoms. The van der Waals surface area contributed by atoms with Gasteiger partial charge in [0.25, 0.3) is 0 Å². The summed E-state index contributed by atoms with van der Waals surface area (Å²) in [6, 6.07) is 0.427. The zero-order valence-electron chi connectivity index (χ0n) is 10.3. The molecule has 3 heteroatoms. The summed E-state index contributed by atoms with van der Waals surface area (Å²) in [6.45, 7) is 12.9. The van der Waals surface area contributed by atoms with Crippen molar-refractivity contribution in [2.45, 2.75) is 40.2 Å². The molecule has 1 unspecified atom stereocenters. The van der Waals surface area contributed by atoms with Crippen molar-refractivity contribution >= 4 is 5.97 Å². The Morgan fingerprint density at radius 1 is 1.40 bits per heavy atom. The van der Waals surface area contributed by atoms with E-state index in [1.165, 1.54) is 0 Å². The predicted octanol–water partition coefficient (Wildman–Crippen LogP) is 2.13. The van der Waals surface area contributed by atoms with Crippen molar-refractivity contribution in [2.75, 3.05) is 13.2 Å². The van der Waals surface area contributed by atoms with E-state index in [4.69, 9.17) is 4.74 Å². The maximum absolute atomic E-state index is 11.3. The molecule has 0 saturated heterocycles. The minimum atomic E-state index is -0.302. The Kier molecular flexibility index (Phi) is 7.05. The average molecular weight is 213 g/mol. The quantitative estimate of drug-likeness (QED) is 0.520. The molecule has 0 radical (unpaired) electrons. The molecule has 0 spiro atoms. The highest BCUT2D eigenvalue weighted by Crippen LogP contribution is 2.05. The first kappa shape index (κ1) is 14.2. The summed E-state index contributed by atoms with van der Waals surface area (Å²) in [5.41, 5.74) is 0.496. The van der Waals surface area contributed by atoms with Gasteiger partial charge in [-0.15, -0.1) is 0 Å². The van der Waals surface area contributed by atoms with Crippen molar-refractivity contribution in [3.8, 4) is 0 Å². The number of carbonyl (C=O) groups excluding carboxylic acids is 1. The van der Waals surface area contributed by atoms with Crippen LogP contribution in [0.5, 0.6) is 0 Å². The van der Waals surface area contributed by atoms with Crippen LogP contribution < -0.4 is 5.32 Å². The predicted molar refractivity (Wildman–Crippen MR) is 62.7 cm³/mol. The first-order valence-electron chi connectivity index (χ1n) is 5.61. The third kappa shape index (κ3) is 5.57. The molecule has 1 atom stereocenters. The highest BCUT2D eigenvalue weighted by atomic mass is 16.5. The first-order valence-corrected chi connectivity index (χ1v) is 5.61. The van der Waals surface area contributed by atoms with Gasteiger partial charge in [-0.1, -0.05) is 27.4 Å².